The van der Waals surface area contributed by atoms with Crippen LogP contribution in [0.3, 0.4) is 0 Å². The van der Waals surface area contributed by atoms with Gasteiger partial charge in [0.1, 0.15) is 0 Å². The van der Waals surface area contributed by atoms with Gasteiger partial charge in [-0.25, -0.2) is 0 Å². The van der Waals surface area contributed by atoms with Crippen molar-refractivity contribution in [1.82, 2.24) is 0 Å². The monoisotopic (exact) mass is 396 g/mol. The van der Waals surface area contributed by atoms with E-state index < -0.39 is 0 Å². The van der Waals surface area contributed by atoms with Crippen molar-refractivity contribution in [2.45, 2.75) is 0 Å². The van der Waals surface area contributed by atoms with Gasteiger partial charge in [-0.2, -0.15) is 0 Å². The SMILES string of the molecule is O.O.O.O.[BiH3].[H-].[H-].[K+].[Na+].[Ti]. The minimum atomic E-state index is 0. The zero-order chi connectivity index (χ0) is 0. The van der Waals surface area contributed by atoms with E-state index in [1.807, 2.05) is 0 Å². The summed E-state index contributed by atoms with van der Waals surface area (Å²) in [6.45, 7) is 0. The zero-order valence-corrected chi connectivity index (χ0v) is 17.4. The van der Waals surface area contributed by atoms with E-state index >= 15 is 0 Å². The molecule has 4 nitrogen and oxygen atoms in total. The van der Waals surface area contributed by atoms with Gasteiger partial charge < -0.3 is 24.8 Å². The number of rotatable bonds is 0. The average molecular weight is 396 g/mol. The second-order valence-electron chi connectivity index (χ2n) is 0. The Kier molecular flexibility index (Phi) is 755. The average Bonchev–Trinajstić information content (AvgIpc) is 0. The molecule has 0 saturated carbocycles. The standard InChI is InChI=1S/Bi.K.Na.4H2O.Ti.5H/h;;;4*1H2;;;;;;/q;2*+1;;;;;;;;;2*-1. The minimum absolute atomic E-state index is 0. The second kappa shape index (κ2) is 67.7. The summed E-state index contributed by atoms with van der Waals surface area (Å²) < 4.78 is 0. The van der Waals surface area contributed by atoms with Crippen molar-refractivity contribution in [3.05, 3.63) is 0 Å². The van der Waals surface area contributed by atoms with Crippen LogP contribution in [0.1, 0.15) is 2.85 Å². The van der Waals surface area contributed by atoms with Gasteiger partial charge >= 0.3 is 107 Å². The second-order valence-corrected chi connectivity index (χ2v) is 0. The molecule has 0 bridgehead atoms. The largest absolute Gasteiger partial charge is 1.00 e. The summed E-state index contributed by atoms with van der Waals surface area (Å²) in [4.78, 5) is 0. The van der Waals surface area contributed by atoms with Crippen molar-refractivity contribution >= 4 is 26.2 Å². The molecule has 8 N–H and O–H groups in total. The fraction of sp³-hybridized carbons (Fsp3) is 0. The number of hydrogen-bond acceptors (Lipinski definition) is 0. The normalized spacial score (nSPS) is 0. The van der Waals surface area contributed by atoms with Gasteiger partial charge in [0.15, 0.2) is 0 Å². The summed E-state index contributed by atoms with van der Waals surface area (Å²) in [5.74, 6) is 0. The van der Waals surface area contributed by atoms with Gasteiger partial charge in [-0.15, -0.1) is 0 Å². The quantitative estimate of drug-likeness (QED) is 0.361. The maximum absolute atomic E-state index is 0. The Labute approximate surface area is 150 Å². The van der Waals surface area contributed by atoms with Crippen LogP contribution in [0.2, 0.25) is 0 Å². The van der Waals surface area contributed by atoms with E-state index in [9.17, 15) is 0 Å². The van der Waals surface area contributed by atoms with Crippen LogP contribution < -0.4 is 80.9 Å². The molecule has 0 aromatic heterocycles. The maximum atomic E-state index is 0. The van der Waals surface area contributed by atoms with E-state index in [-0.39, 0.29) is 154 Å². The summed E-state index contributed by atoms with van der Waals surface area (Å²) in [5, 5.41) is 0. The van der Waals surface area contributed by atoms with Gasteiger partial charge in [0.25, 0.3) is 0 Å². The summed E-state index contributed by atoms with van der Waals surface area (Å²) in [7, 11) is 0. The third-order valence-electron chi connectivity index (χ3n) is 0. The first-order valence-corrected chi connectivity index (χ1v) is 0. The van der Waals surface area contributed by atoms with Gasteiger partial charge in [-0.1, -0.05) is 0 Å². The summed E-state index contributed by atoms with van der Waals surface area (Å²) in [5.41, 5.74) is 0. The van der Waals surface area contributed by atoms with Crippen molar-refractivity contribution in [3.63, 3.8) is 0 Å². The Bertz CT molecular complexity index is 23.2. The van der Waals surface area contributed by atoms with Crippen molar-refractivity contribution in [2.75, 3.05) is 0 Å². The molecule has 0 atom stereocenters. The molecule has 0 rings (SSSR count). The molecule has 0 fully saturated rings. The molecule has 0 spiro atoms. The molecule has 0 aliphatic rings. The predicted molar refractivity (Wildman–Crippen MR) is 26.6 cm³/mol. The molecule has 0 aromatic rings. The van der Waals surface area contributed by atoms with Crippen LogP contribution in [-0.4, -0.2) is 48.1 Å². The fourth-order valence-corrected chi connectivity index (χ4v) is 0. The molecule has 0 heterocycles. The predicted octanol–water partition coefficient (Wildman–Crippen LogP) is -10.3. The van der Waals surface area contributed by atoms with Crippen LogP contribution in [0.15, 0.2) is 0 Å². The first kappa shape index (κ1) is 89.2. The third kappa shape index (κ3) is 50.0. The Morgan fingerprint density at radius 1 is 0.750 bits per heavy atom. The third-order valence-corrected chi connectivity index (χ3v) is 0. The van der Waals surface area contributed by atoms with Gasteiger partial charge in [0.05, 0.1) is 0 Å². The van der Waals surface area contributed by atoms with Crippen molar-refractivity contribution in [1.29, 1.82) is 0 Å². The Balaban J connectivity index is 0. The molecule has 0 radical (unpaired) electrons. The Morgan fingerprint density at radius 3 is 0.750 bits per heavy atom. The molecule has 0 unspecified atom stereocenters. The van der Waals surface area contributed by atoms with E-state index in [0.29, 0.717) is 0 Å². The first-order valence-electron chi connectivity index (χ1n) is 0. The van der Waals surface area contributed by atoms with E-state index in [1.165, 1.54) is 0 Å². The molecular weight excluding hydrogens is 383 g/mol. The van der Waals surface area contributed by atoms with Crippen molar-refractivity contribution in [2.24, 2.45) is 0 Å². The number of hydrogen-bond donors (Lipinski definition) is 0. The molecule has 0 aromatic carbocycles. The van der Waals surface area contributed by atoms with Gasteiger partial charge in [-0.3, -0.25) is 0 Å². The van der Waals surface area contributed by atoms with Gasteiger partial charge in [0.2, 0.25) is 0 Å². The van der Waals surface area contributed by atoms with Crippen molar-refractivity contribution in [3.8, 4) is 0 Å². The summed E-state index contributed by atoms with van der Waals surface area (Å²) in [6, 6.07) is 0. The molecule has 0 aliphatic heterocycles. The zero-order valence-electron chi connectivity index (χ0n) is 7.21. The maximum Gasteiger partial charge on any atom is 1.00 e. The molecule has 48 valence electrons. The molecule has 0 saturated heterocycles. The van der Waals surface area contributed by atoms with Gasteiger partial charge in [-0.05, 0) is 0 Å². The van der Waals surface area contributed by atoms with E-state index in [0.717, 1.165) is 0 Å². The molecule has 8 heteroatoms. The van der Waals surface area contributed by atoms with Crippen LogP contribution in [0.5, 0.6) is 0 Å². The fourth-order valence-electron chi connectivity index (χ4n) is 0. The Hall–Kier alpha value is 4.07. The molecular formula is H13BiKNaO4Ti. The van der Waals surface area contributed by atoms with E-state index in [1.54, 1.807) is 0 Å². The summed E-state index contributed by atoms with van der Waals surface area (Å²) in [6.07, 6.45) is 0. The smallest absolute Gasteiger partial charge is 1.00 e. The van der Waals surface area contributed by atoms with Crippen LogP contribution >= 0.6 is 0 Å². The minimum Gasteiger partial charge on any atom is -1.00 e. The van der Waals surface area contributed by atoms with E-state index in [2.05, 4.69) is 0 Å². The topological polar surface area (TPSA) is 126 Å². The Morgan fingerprint density at radius 2 is 0.750 bits per heavy atom. The van der Waals surface area contributed by atoms with Crippen LogP contribution in [-0.2, 0) is 21.7 Å². The molecule has 0 aliphatic carbocycles. The van der Waals surface area contributed by atoms with E-state index in [4.69, 9.17) is 0 Å². The van der Waals surface area contributed by atoms with Crippen molar-refractivity contribution < 1.29 is 127 Å². The summed E-state index contributed by atoms with van der Waals surface area (Å²) >= 11 is 0. The van der Waals surface area contributed by atoms with Crippen LogP contribution in [0, 0.1) is 0 Å². The molecule has 0 amide bonds. The van der Waals surface area contributed by atoms with Crippen LogP contribution in [0.25, 0.3) is 0 Å². The molecule has 8 heavy (non-hydrogen) atoms. The van der Waals surface area contributed by atoms with Crippen LogP contribution in [0.4, 0.5) is 0 Å². The van der Waals surface area contributed by atoms with Gasteiger partial charge in [0, 0.05) is 21.7 Å². The first-order chi connectivity index (χ1) is 0.